The van der Waals surface area contributed by atoms with Gasteiger partial charge in [-0.15, -0.1) is 0 Å². The van der Waals surface area contributed by atoms with Crippen molar-refractivity contribution in [1.29, 1.82) is 0 Å². The molecule has 0 aliphatic heterocycles. The molecule has 0 aliphatic rings. The van der Waals surface area contributed by atoms with Crippen molar-refractivity contribution in [2.24, 2.45) is 0 Å². The molecule has 6 heteroatoms. The topological polar surface area (TPSA) is 92.3 Å². The van der Waals surface area contributed by atoms with E-state index >= 15 is 0 Å². The van der Waals surface area contributed by atoms with Crippen LogP contribution in [0, 0.1) is 0 Å². The molecule has 1 atom stereocenters. The van der Waals surface area contributed by atoms with E-state index in [-0.39, 0.29) is 24.5 Å². The predicted molar refractivity (Wildman–Crippen MR) is 73.9 cm³/mol. The fraction of sp³-hybridized carbons (Fsp3) is 0.357. The Labute approximate surface area is 115 Å². The van der Waals surface area contributed by atoms with Crippen LogP contribution in [0.4, 0.5) is 0 Å². The molecule has 0 fully saturated rings. The first kappa shape index (κ1) is 14.2. The molecule has 1 unspecified atom stereocenters. The van der Waals surface area contributed by atoms with Crippen LogP contribution in [0.5, 0.6) is 0 Å². The molecule has 0 aliphatic carbocycles. The van der Waals surface area contributed by atoms with Gasteiger partial charge in [-0.1, -0.05) is 19.1 Å². The van der Waals surface area contributed by atoms with E-state index in [2.05, 4.69) is 10.2 Å². The summed E-state index contributed by atoms with van der Waals surface area (Å²) in [6.07, 6.45) is 1.61. The van der Waals surface area contributed by atoms with Crippen LogP contribution >= 0.6 is 0 Å². The van der Waals surface area contributed by atoms with Crippen LogP contribution in [0.3, 0.4) is 0 Å². The standard InChI is InChI=1S/C14H16N2O4/c1-9(8-20-6-5-13(17)18)10-3-2-4-11-12(10)7-15-16-14(11)19/h2-4,7,9H,5-6,8H2,1H3,(H,16,19)(H,17,18). The maximum atomic E-state index is 11.7. The fourth-order valence-corrected chi connectivity index (χ4v) is 2.08. The predicted octanol–water partition coefficient (Wildman–Crippen LogP) is 1.52. The molecule has 0 spiro atoms. The Hall–Kier alpha value is -2.21. The molecule has 6 nitrogen and oxygen atoms in total. The minimum atomic E-state index is -0.876. The van der Waals surface area contributed by atoms with E-state index in [9.17, 15) is 9.59 Å². The molecular formula is C14H16N2O4. The summed E-state index contributed by atoms with van der Waals surface area (Å²) in [6.45, 7) is 2.55. The first-order chi connectivity index (χ1) is 9.59. The van der Waals surface area contributed by atoms with Crippen molar-refractivity contribution in [1.82, 2.24) is 10.2 Å². The summed E-state index contributed by atoms with van der Waals surface area (Å²) >= 11 is 0. The lowest BCUT2D eigenvalue weighted by Crippen LogP contribution is -2.11. The van der Waals surface area contributed by atoms with Crippen LogP contribution in [0.2, 0.25) is 0 Å². The van der Waals surface area contributed by atoms with Gasteiger partial charge in [0.2, 0.25) is 0 Å². The van der Waals surface area contributed by atoms with E-state index in [0.717, 1.165) is 10.9 Å². The summed E-state index contributed by atoms with van der Waals surface area (Å²) in [7, 11) is 0. The summed E-state index contributed by atoms with van der Waals surface area (Å²) in [4.78, 5) is 22.1. The molecule has 20 heavy (non-hydrogen) atoms. The molecule has 0 saturated heterocycles. The molecule has 0 saturated carbocycles. The van der Waals surface area contributed by atoms with Crippen molar-refractivity contribution >= 4 is 16.7 Å². The minimum absolute atomic E-state index is 0.0104. The minimum Gasteiger partial charge on any atom is -0.481 e. The molecule has 1 aromatic carbocycles. The number of fused-ring (bicyclic) bond motifs is 1. The molecule has 2 N–H and O–H groups in total. The van der Waals surface area contributed by atoms with Crippen LogP contribution in [-0.2, 0) is 9.53 Å². The van der Waals surface area contributed by atoms with Crippen molar-refractivity contribution in [2.45, 2.75) is 19.3 Å². The Bertz CT molecular complexity index is 666. The zero-order chi connectivity index (χ0) is 14.5. The second kappa shape index (κ2) is 6.29. The van der Waals surface area contributed by atoms with Gasteiger partial charge < -0.3 is 9.84 Å². The van der Waals surface area contributed by atoms with Gasteiger partial charge in [-0.25, -0.2) is 5.10 Å². The number of hydrogen-bond donors (Lipinski definition) is 2. The molecule has 2 rings (SSSR count). The Morgan fingerprint density at radius 3 is 3.00 bits per heavy atom. The quantitative estimate of drug-likeness (QED) is 0.780. The number of carboxylic acids is 1. The average Bonchev–Trinajstić information content (AvgIpc) is 2.43. The van der Waals surface area contributed by atoms with Gasteiger partial charge >= 0.3 is 5.97 Å². The molecule has 2 aromatic rings. The smallest absolute Gasteiger partial charge is 0.305 e. The number of aliphatic carboxylic acids is 1. The summed E-state index contributed by atoms with van der Waals surface area (Å²) in [5.74, 6) is -0.824. The molecule has 0 radical (unpaired) electrons. The first-order valence-electron chi connectivity index (χ1n) is 6.35. The number of H-pyrrole nitrogens is 1. The van der Waals surface area contributed by atoms with Crippen LogP contribution in [0.25, 0.3) is 10.8 Å². The van der Waals surface area contributed by atoms with E-state index in [0.29, 0.717) is 12.0 Å². The molecule has 0 amide bonds. The van der Waals surface area contributed by atoms with Gasteiger partial charge in [0.25, 0.3) is 5.56 Å². The maximum absolute atomic E-state index is 11.7. The lowest BCUT2D eigenvalue weighted by atomic mass is 9.97. The second-order valence-electron chi connectivity index (χ2n) is 4.63. The Balaban J connectivity index is 2.14. The van der Waals surface area contributed by atoms with Crippen molar-refractivity contribution in [2.75, 3.05) is 13.2 Å². The third-order valence-corrected chi connectivity index (χ3v) is 3.10. The highest BCUT2D eigenvalue weighted by atomic mass is 16.5. The van der Waals surface area contributed by atoms with E-state index in [1.165, 1.54) is 0 Å². The Kier molecular flexibility index (Phi) is 4.47. The highest BCUT2D eigenvalue weighted by molar-refractivity contribution is 5.84. The van der Waals surface area contributed by atoms with Gasteiger partial charge in [-0.05, 0) is 11.6 Å². The normalized spacial score (nSPS) is 12.4. The zero-order valence-electron chi connectivity index (χ0n) is 11.1. The maximum Gasteiger partial charge on any atom is 0.305 e. The van der Waals surface area contributed by atoms with E-state index < -0.39 is 5.97 Å². The summed E-state index contributed by atoms with van der Waals surface area (Å²) in [5, 5.41) is 16.2. The van der Waals surface area contributed by atoms with Crippen molar-refractivity contribution in [3.05, 3.63) is 40.3 Å². The lowest BCUT2D eigenvalue weighted by Gasteiger charge is -2.14. The number of aromatic amines is 1. The SMILES string of the molecule is CC(COCCC(=O)O)c1cccc2c(=O)[nH]ncc12. The van der Waals surface area contributed by atoms with Gasteiger partial charge in [-0.2, -0.15) is 5.10 Å². The van der Waals surface area contributed by atoms with Gasteiger partial charge in [0.15, 0.2) is 0 Å². The number of benzene rings is 1. The van der Waals surface area contributed by atoms with E-state index in [1.807, 2.05) is 19.1 Å². The Morgan fingerprint density at radius 1 is 1.45 bits per heavy atom. The average molecular weight is 276 g/mol. The number of nitrogens with one attached hydrogen (secondary N) is 1. The van der Waals surface area contributed by atoms with Crippen LogP contribution in [-0.4, -0.2) is 34.5 Å². The Morgan fingerprint density at radius 2 is 2.25 bits per heavy atom. The highest BCUT2D eigenvalue weighted by Crippen LogP contribution is 2.23. The molecule has 106 valence electrons. The number of ether oxygens (including phenoxy) is 1. The molecule has 0 bridgehead atoms. The number of aromatic nitrogens is 2. The number of nitrogens with zero attached hydrogens (tertiary/aromatic N) is 1. The number of carboxylic acid groups (broad SMARTS) is 1. The van der Waals surface area contributed by atoms with Crippen LogP contribution < -0.4 is 5.56 Å². The van der Waals surface area contributed by atoms with Crippen LogP contribution in [0.1, 0.15) is 24.8 Å². The van der Waals surface area contributed by atoms with Crippen molar-refractivity contribution in [3.63, 3.8) is 0 Å². The highest BCUT2D eigenvalue weighted by Gasteiger charge is 2.11. The second-order valence-corrected chi connectivity index (χ2v) is 4.63. The van der Waals surface area contributed by atoms with Gasteiger partial charge in [0.05, 0.1) is 31.2 Å². The summed E-state index contributed by atoms with van der Waals surface area (Å²) in [5.41, 5.74) is 0.750. The zero-order valence-corrected chi connectivity index (χ0v) is 11.1. The summed E-state index contributed by atoms with van der Waals surface area (Å²) < 4.78 is 5.35. The van der Waals surface area contributed by atoms with Crippen molar-refractivity contribution < 1.29 is 14.6 Å². The third kappa shape index (κ3) is 3.21. The first-order valence-corrected chi connectivity index (χ1v) is 6.35. The van der Waals surface area contributed by atoms with Crippen LogP contribution in [0.15, 0.2) is 29.2 Å². The van der Waals surface area contributed by atoms with E-state index in [4.69, 9.17) is 9.84 Å². The van der Waals surface area contributed by atoms with Gasteiger partial charge in [0, 0.05) is 11.3 Å². The molecular weight excluding hydrogens is 260 g/mol. The molecule has 1 aromatic heterocycles. The monoisotopic (exact) mass is 276 g/mol. The third-order valence-electron chi connectivity index (χ3n) is 3.10. The number of rotatable bonds is 6. The fourth-order valence-electron chi connectivity index (χ4n) is 2.08. The van der Waals surface area contributed by atoms with Gasteiger partial charge in [-0.3, -0.25) is 9.59 Å². The van der Waals surface area contributed by atoms with Gasteiger partial charge in [0.1, 0.15) is 0 Å². The number of carbonyl (C=O) groups is 1. The largest absolute Gasteiger partial charge is 0.481 e. The lowest BCUT2D eigenvalue weighted by molar-refractivity contribution is -0.138. The molecule has 1 heterocycles. The van der Waals surface area contributed by atoms with E-state index in [1.54, 1.807) is 12.3 Å². The summed E-state index contributed by atoms with van der Waals surface area (Å²) in [6, 6.07) is 5.49. The van der Waals surface area contributed by atoms with Crippen molar-refractivity contribution in [3.8, 4) is 0 Å². The number of hydrogen-bond acceptors (Lipinski definition) is 4.